The molecule has 0 aromatic carbocycles. The Morgan fingerprint density at radius 1 is 1.69 bits per heavy atom. The van der Waals surface area contributed by atoms with E-state index < -0.39 is 0 Å². The van der Waals surface area contributed by atoms with Crippen molar-refractivity contribution in [3.05, 3.63) is 17.8 Å². The maximum Gasteiger partial charge on any atom is 0.227 e. The van der Waals surface area contributed by atoms with E-state index in [4.69, 9.17) is 4.42 Å². The van der Waals surface area contributed by atoms with Crippen molar-refractivity contribution in [3.8, 4) is 0 Å². The van der Waals surface area contributed by atoms with Crippen LogP contribution < -0.4 is 5.32 Å². The Labute approximate surface area is 77.3 Å². The number of amides is 1. The molecule has 1 rings (SSSR count). The Bertz CT molecular complexity index is 281. The number of rotatable bonds is 4. The predicted octanol–water partition coefficient (Wildman–Crippen LogP) is 1.05. The topological polar surface area (TPSA) is 55.1 Å². The van der Waals surface area contributed by atoms with Crippen molar-refractivity contribution in [3.63, 3.8) is 0 Å². The molecule has 0 aliphatic carbocycles. The lowest BCUT2D eigenvalue weighted by Crippen LogP contribution is -2.25. The molecule has 4 heteroatoms. The normalized spacial score (nSPS) is 10.0. The fraction of sp³-hybridized carbons (Fsp3) is 0.556. The summed E-state index contributed by atoms with van der Waals surface area (Å²) in [4.78, 5) is 15.1. The summed E-state index contributed by atoms with van der Waals surface area (Å²) in [5.41, 5.74) is 0.784. The zero-order valence-electron chi connectivity index (χ0n) is 7.96. The van der Waals surface area contributed by atoms with Gasteiger partial charge in [0.05, 0.1) is 12.1 Å². The molecule has 1 aromatic rings. The predicted molar refractivity (Wildman–Crippen MR) is 48.2 cm³/mol. The summed E-state index contributed by atoms with van der Waals surface area (Å²) in [5.74, 6) is 0.635. The van der Waals surface area contributed by atoms with Crippen molar-refractivity contribution in [1.82, 2.24) is 10.3 Å². The Kier molecular flexibility index (Phi) is 3.49. The molecule has 0 fully saturated rings. The Morgan fingerprint density at radius 2 is 2.46 bits per heavy atom. The van der Waals surface area contributed by atoms with Crippen LogP contribution in [0.15, 0.2) is 10.8 Å². The van der Waals surface area contributed by atoms with Gasteiger partial charge in [0.1, 0.15) is 5.76 Å². The van der Waals surface area contributed by atoms with Crippen molar-refractivity contribution in [2.45, 2.75) is 26.7 Å². The van der Waals surface area contributed by atoms with Gasteiger partial charge in [-0.15, -0.1) is 0 Å². The standard InChI is InChI=1S/C9H14N2O2/c1-3-4-10-9(12)5-8-7(2)11-6-13-8/h6H,3-5H2,1-2H3,(H,10,12). The quantitative estimate of drug-likeness (QED) is 0.757. The molecular formula is C9H14N2O2. The van der Waals surface area contributed by atoms with Crippen LogP contribution in [0, 0.1) is 6.92 Å². The molecule has 13 heavy (non-hydrogen) atoms. The second-order valence-electron chi connectivity index (χ2n) is 2.89. The Morgan fingerprint density at radius 3 is 3.00 bits per heavy atom. The van der Waals surface area contributed by atoms with Crippen LogP contribution >= 0.6 is 0 Å². The highest BCUT2D eigenvalue weighted by molar-refractivity contribution is 5.78. The lowest BCUT2D eigenvalue weighted by atomic mass is 10.2. The summed E-state index contributed by atoms with van der Waals surface area (Å²) in [6.07, 6.45) is 2.59. The fourth-order valence-corrected chi connectivity index (χ4v) is 0.969. The molecule has 0 bridgehead atoms. The molecule has 1 heterocycles. The number of aromatic nitrogens is 1. The van der Waals surface area contributed by atoms with Gasteiger partial charge in [0.2, 0.25) is 5.91 Å². The first-order valence-electron chi connectivity index (χ1n) is 4.39. The summed E-state index contributed by atoms with van der Waals surface area (Å²) in [5, 5.41) is 2.77. The molecule has 1 amide bonds. The summed E-state index contributed by atoms with van der Waals surface area (Å²) < 4.78 is 5.04. The van der Waals surface area contributed by atoms with Crippen molar-refractivity contribution in [2.75, 3.05) is 6.54 Å². The highest BCUT2D eigenvalue weighted by Gasteiger charge is 2.08. The van der Waals surface area contributed by atoms with Crippen molar-refractivity contribution in [1.29, 1.82) is 0 Å². The van der Waals surface area contributed by atoms with E-state index in [-0.39, 0.29) is 12.3 Å². The molecule has 0 aliphatic rings. The van der Waals surface area contributed by atoms with E-state index in [1.807, 2.05) is 13.8 Å². The second-order valence-corrected chi connectivity index (χ2v) is 2.89. The summed E-state index contributed by atoms with van der Waals surface area (Å²) in [6.45, 7) is 4.55. The second kappa shape index (κ2) is 4.64. The van der Waals surface area contributed by atoms with Crippen molar-refractivity contribution < 1.29 is 9.21 Å². The molecule has 4 nitrogen and oxygen atoms in total. The lowest BCUT2D eigenvalue weighted by Gasteiger charge is -2.00. The molecule has 0 atom stereocenters. The number of nitrogens with one attached hydrogen (secondary N) is 1. The van der Waals surface area contributed by atoms with E-state index >= 15 is 0 Å². The maximum atomic E-state index is 11.2. The van der Waals surface area contributed by atoms with E-state index in [1.54, 1.807) is 0 Å². The molecule has 0 saturated carbocycles. The molecular weight excluding hydrogens is 168 g/mol. The number of hydrogen-bond donors (Lipinski definition) is 1. The third-order valence-corrected chi connectivity index (χ3v) is 1.74. The van der Waals surface area contributed by atoms with E-state index in [0.29, 0.717) is 12.3 Å². The SMILES string of the molecule is CCCNC(=O)Cc1ocnc1C. The first kappa shape index (κ1) is 9.77. The summed E-state index contributed by atoms with van der Waals surface area (Å²) >= 11 is 0. The minimum atomic E-state index is -0.0123. The van der Waals surface area contributed by atoms with Crippen LogP contribution in [-0.4, -0.2) is 17.4 Å². The minimum Gasteiger partial charge on any atom is -0.448 e. The first-order chi connectivity index (χ1) is 6.24. The van der Waals surface area contributed by atoms with Crippen molar-refractivity contribution in [2.24, 2.45) is 0 Å². The number of aryl methyl sites for hydroxylation is 1. The van der Waals surface area contributed by atoms with E-state index in [0.717, 1.165) is 12.1 Å². The monoisotopic (exact) mass is 182 g/mol. The highest BCUT2D eigenvalue weighted by atomic mass is 16.3. The van der Waals surface area contributed by atoms with Gasteiger partial charge in [-0.2, -0.15) is 0 Å². The van der Waals surface area contributed by atoms with Gasteiger partial charge in [-0.1, -0.05) is 6.92 Å². The van der Waals surface area contributed by atoms with E-state index in [2.05, 4.69) is 10.3 Å². The Balaban J connectivity index is 2.41. The molecule has 0 radical (unpaired) electrons. The van der Waals surface area contributed by atoms with Gasteiger partial charge in [-0.3, -0.25) is 4.79 Å². The summed E-state index contributed by atoms with van der Waals surface area (Å²) in [6, 6.07) is 0. The van der Waals surface area contributed by atoms with Gasteiger partial charge >= 0.3 is 0 Å². The number of carbonyl (C=O) groups is 1. The molecule has 1 N–H and O–H groups in total. The zero-order valence-corrected chi connectivity index (χ0v) is 7.96. The van der Waals surface area contributed by atoms with Gasteiger partial charge in [0.15, 0.2) is 6.39 Å². The van der Waals surface area contributed by atoms with Crippen molar-refractivity contribution >= 4 is 5.91 Å². The number of nitrogens with zero attached hydrogens (tertiary/aromatic N) is 1. The molecule has 0 saturated heterocycles. The van der Waals surface area contributed by atoms with E-state index in [9.17, 15) is 4.79 Å². The first-order valence-corrected chi connectivity index (χ1v) is 4.39. The fourth-order valence-electron chi connectivity index (χ4n) is 0.969. The Hall–Kier alpha value is -1.32. The molecule has 72 valence electrons. The third-order valence-electron chi connectivity index (χ3n) is 1.74. The lowest BCUT2D eigenvalue weighted by molar-refractivity contribution is -0.120. The van der Waals surface area contributed by atoms with Gasteiger partial charge in [0.25, 0.3) is 0 Å². The largest absolute Gasteiger partial charge is 0.448 e. The average molecular weight is 182 g/mol. The maximum absolute atomic E-state index is 11.2. The summed E-state index contributed by atoms with van der Waals surface area (Å²) in [7, 11) is 0. The van der Waals surface area contributed by atoms with Gasteiger partial charge < -0.3 is 9.73 Å². The van der Waals surface area contributed by atoms with Crippen LogP contribution in [0.25, 0.3) is 0 Å². The number of hydrogen-bond acceptors (Lipinski definition) is 3. The van der Waals surface area contributed by atoms with Gasteiger partial charge in [-0.25, -0.2) is 4.98 Å². The van der Waals surface area contributed by atoms with Gasteiger partial charge in [-0.05, 0) is 13.3 Å². The van der Waals surface area contributed by atoms with Crippen LogP contribution in [0.5, 0.6) is 0 Å². The number of oxazole rings is 1. The van der Waals surface area contributed by atoms with Crippen LogP contribution in [0.1, 0.15) is 24.8 Å². The zero-order chi connectivity index (χ0) is 9.68. The van der Waals surface area contributed by atoms with Gasteiger partial charge in [0, 0.05) is 6.54 Å². The molecule has 1 aromatic heterocycles. The molecule has 0 unspecified atom stereocenters. The van der Waals surface area contributed by atoms with Crippen LogP contribution in [0.3, 0.4) is 0 Å². The molecule has 0 aliphatic heterocycles. The smallest absolute Gasteiger partial charge is 0.227 e. The minimum absolute atomic E-state index is 0.0123. The average Bonchev–Trinajstić information content (AvgIpc) is 2.48. The highest BCUT2D eigenvalue weighted by Crippen LogP contribution is 2.05. The third kappa shape index (κ3) is 2.89. The molecule has 0 spiro atoms. The number of carbonyl (C=O) groups excluding carboxylic acids is 1. The van der Waals surface area contributed by atoms with Crippen LogP contribution in [0.4, 0.5) is 0 Å². The van der Waals surface area contributed by atoms with E-state index in [1.165, 1.54) is 6.39 Å². The van der Waals surface area contributed by atoms with Crippen LogP contribution in [0.2, 0.25) is 0 Å². The van der Waals surface area contributed by atoms with Crippen LogP contribution in [-0.2, 0) is 11.2 Å².